The number of piperazine rings is 1. The van der Waals surface area contributed by atoms with Gasteiger partial charge in [0.25, 0.3) is 0 Å². The molecule has 0 spiro atoms. The highest BCUT2D eigenvalue weighted by molar-refractivity contribution is 6.05. The van der Waals surface area contributed by atoms with Crippen molar-refractivity contribution in [2.24, 2.45) is 0 Å². The van der Waals surface area contributed by atoms with Crippen LogP contribution in [0.2, 0.25) is 0 Å². The Kier molecular flexibility index (Phi) is 5.62. The van der Waals surface area contributed by atoms with E-state index in [1.807, 2.05) is 30.5 Å². The minimum Gasteiger partial charge on any atom is -0.370 e. The van der Waals surface area contributed by atoms with Crippen LogP contribution in [0.1, 0.15) is 12.8 Å². The predicted molar refractivity (Wildman–Crippen MR) is 123 cm³/mol. The van der Waals surface area contributed by atoms with Gasteiger partial charge in [-0.3, -0.25) is 14.7 Å². The second-order valence-corrected chi connectivity index (χ2v) is 8.09. The van der Waals surface area contributed by atoms with E-state index in [2.05, 4.69) is 41.0 Å². The summed E-state index contributed by atoms with van der Waals surface area (Å²) in [5.74, 6) is 0.757. The fourth-order valence-electron chi connectivity index (χ4n) is 4.43. The molecule has 1 amide bonds. The molecule has 0 saturated carbocycles. The fraction of sp³-hybridized carbons (Fsp3) is 0.391. The summed E-state index contributed by atoms with van der Waals surface area (Å²) in [6, 6.07) is 9.89. The van der Waals surface area contributed by atoms with Crippen molar-refractivity contribution >= 4 is 34.1 Å². The van der Waals surface area contributed by atoms with Gasteiger partial charge in [0, 0.05) is 63.2 Å². The number of amides is 1. The smallest absolute Gasteiger partial charge is 0.238 e. The highest BCUT2D eigenvalue weighted by atomic mass is 16.2. The first-order valence-corrected chi connectivity index (χ1v) is 10.9. The number of hydrogen-bond acceptors (Lipinski definition) is 7. The van der Waals surface area contributed by atoms with E-state index in [-0.39, 0.29) is 5.91 Å². The van der Waals surface area contributed by atoms with Crippen molar-refractivity contribution in [3.63, 3.8) is 0 Å². The van der Waals surface area contributed by atoms with E-state index in [0.29, 0.717) is 6.54 Å². The summed E-state index contributed by atoms with van der Waals surface area (Å²) in [5.41, 5.74) is 2.94. The third kappa shape index (κ3) is 4.29. The van der Waals surface area contributed by atoms with Gasteiger partial charge in [-0.1, -0.05) is 0 Å². The van der Waals surface area contributed by atoms with E-state index in [1.165, 1.54) is 12.8 Å². The maximum Gasteiger partial charge on any atom is 0.238 e. The van der Waals surface area contributed by atoms with Crippen LogP contribution in [0.15, 0.2) is 48.9 Å². The van der Waals surface area contributed by atoms with Crippen molar-refractivity contribution < 1.29 is 4.79 Å². The third-order valence-corrected chi connectivity index (χ3v) is 6.04. The minimum absolute atomic E-state index is 0.00323. The van der Waals surface area contributed by atoms with E-state index < -0.39 is 0 Å². The molecule has 5 rings (SSSR count). The molecule has 0 aliphatic carbocycles. The van der Waals surface area contributed by atoms with Crippen LogP contribution in [-0.2, 0) is 4.79 Å². The minimum atomic E-state index is 0.00323. The van der Waals surface area contributed by atoms with Gasteiger partial charge in [-0.05, 0) is 43.2 Å². The number of benzene rings is 1. The average Bonchev–Trinajstić information content (AvgIpc) is 3.35. The van der Waals surface area contributed by atoms with E-state index in [4.69, 9.17) is 0 Å². The first-order valence-electron chi connectivity index (χ1n) is 10.9. The topological polar surface area (TPSA) is 77.5 Å². The van der Waals surface area contributed by atoms with Gasteiger partial charge in [-0.25, -0.2) is 9.97 Å². The molecule has 0 radical (unpaired) electrons. The molecule has 4 heterocycles. The highest BCUT2D eigenvalue weighted by Crippen LogP contribution is 2.32. The highest BCUT2D eigenvalue weighted by Gasteiger charge is 2.21. The molecule has 2 fully saturated rings. The van der Waals surface area contributed by atoms with Crippen LogP contribution in [0.4, 0.5) is 17.3 Å². The zero-order valence-electron chi connectivity index (χ0n) is 17.6. The van der Waals surface area contributed by atoms with Crippen LogP contribution in [0.3, 0.4) is 0 Å². The molecule has 1 aromatic carbocycles. The Morgan fingerprint density at radius 2 is 1.58 bits per heavy atom. The molecule has 2 aliphatic heterocycles. The Morgan fingerprint density at radius 1 is 0.839 bits per heavy atom. The number of carbonyl (C=O) groups excluding carboxylic acids is 1. The van der Waals surface area contributed by atoms with E-state index in [9.17, 15) is 4.79 Å². The van der Waals surface area contributed by atoms with Crippen molar-refractivity contribution in [3.8, 4) is 0 Å². The van der Waals surface area contributed by atoms with Crippen LogP contribution < -0.4 is 15.1 Å². The van der Waals surface area contributed by atoms with Crippen LogP contribution >= 0.6 is 0 Å². The lowest BCUT2D eigenvalue weighted by molar-refractivity contribution is -0.117. The number of pyridine rings is 1. The number of aromatic nitrogens is 3. The number of rotatable bonds is 5. The number of fused-ring (bicyclic) bond motifs is 1. The van der Waals surface area contributed by atoms with Crippen LogP contribution in [0.25, 0.3) is 10.9 Å². The summed E-state index contributed by atoms with van der Waals surface area (Å²) in [6.45, 7) is 5.75. The van der Waals surface area contributed by atoms with E-state index in [0.717, 1.165) is 67.5 Å². The second kappa shape index (κ2) is 8.85. The molecule has 8 nitrogen and oxygen atoms in total. The zero-order valence-corrected chi connectivity index (χ0v) is 17.6. The summed E-state index contributed by atoms with van der Waals surface area (Å²) in [4.78, 5) is 32.8. The first kappa shape index (κ1) is 19.7. The molecule has 31 heavy (non-hydrogen) atoms. The van der Waals surface area contributed by atoms with Crippen LogP contribution in [-0.4, -0.2) is 71.6 Å². The molecule has 0 unspecified atom stereocenters. The molecule has 3 aromatic rings. The van der Waals surface area contributed by atoms with Crippen molar-refractivity contribution in [1.82, 2.24) is 19.9 Å². The Bertz CT molecular complexity index is 1040. The van der Waals surface area contributed by atoms with E-state index >= 15 is 0 Å². The standard InChI is InChI=1S/C23H27N7O/c31-21(17-28-13-15-30(16-14-28)23-25-9-4-10-26-23)27-19-6-7-20(29-11-1-2-12-29)22-18(19)5-3-8-24-22/h3-10H,1-2,11-17H2,(H,27,31). The van der Waals surface area contributed by atoms with Gasteiger partial charge in [0.1, 0.15) is 0 Å². The van der Waals surface area contributed by atoms with Gasteiger partial charge in [0.05, 0.1) is 23.4 Å². The molecule has 0 atom stereocenters. The number of carbonyl (C=O) groups is 1. The largest absolute Gasteiger partial charge is 0.370 e. The maximum absolute atomic E-state index is 12.8. The summed E-state index contributed by atoms with van der Waals surface area (Å²) in [7, 11) is 0. The quantitative estimate of drug-likeness (QED) is 0.683. The second-order valence-electron chi connectivity index (χ2n) is 8.09. The summed E-state index contributed by atoms with van der Waals surface area (Å²) >= 11 is 0. The Hall–Kier alpha value is -3.26. The third-order valence-electron chi connectivity index (χ3n) is 6.04. The molecular weight excluding hydrogens is 390 g/mol. The SMILES string of the molecule is O=C(CN1CCN(c2ncccn2)CC1)Nc1ccc(N2CCCC2)c2ncccc12. The van der Waals surface area contributed by atoms with Crippen molar-refractivity contribution in [2.45, 2.75) is 12.8 Å². The van der Waals surface area contributed by atoms with Crippen molar-refractivity contribution in [1.29, 1.82) is 0 Å². The molecule has 1 N–H and O–H groups in total. The molecule has 160 valence electrons. The average molecular weight is 418 g/mol. The molecule has 2 aliphatic rings. The van der Waals surface area contributed by atoms with Crippen molar-refractivity contribution in [3.05, 3.63) is 48.9 Å². The number of nitrogens with zero attached hydrogens (tertiary/aromatic N) is 6. The molecule has 2 aromatic heterocycles. The number of hydrogen-bond donors (Lipinski definition) is 1. The lowest BCUT2D eigenvalue weighted by atomic mass is 10.1. The number of nitrogens with one attached hydrogen (secondary N) is 1. The maximum atomic E-state index is 12.8. The molecule has 8 heteroatoms. The Morgan fingerprint density at radius 3 is 2.35 bits per heavy atom. The summed E-state index contributed by atoms with van der Waals surface area (Å²) < 4.78 is 0. The van der Waals surface area contributed by atoms with Crippen LogP contribution in [0.5, 0.6) is 0 Å². The lowest BCUT2D eigenvalue weighted by Gasteiger charge is -2.34. The summed E-state index contributed by atoms with van der Waals surface area (Å²) in [5, 5.41) is 4.11. The summed E-state index contributed by atoms with van der Waals surface area (Å²) in [6.07, 6.45) is 7.78. The monoisotopic (exact) mass is 417 g/mol. The van der Waals surface area contributed by atoms with Gasteiger partial charge in [-0.15, -0.1) is 0 Å². The molecular formula is C23H27N7O. The lowest BCUT2D eigenvalue weighted by Crippen LogP contribution is -2.49. The van der Waals surface area contributed by atoms with E-state index in [1.54, 1.807) is 12.4 Å². The number of anilines is 3. The van der Waals surface area contributed by atoms with Gasteiger partial charge < -0.3 is 15.1 Å². The fourth-order valence-corrected chi connectivity index (χ4v) is 4.43. The Labute approximate surface area is 181 Å². The molecule has 2 saturated heterocycles. The van der Waals surface area contributed by atoms with Gasteiger partial charge in [-0.2, -0.15) is 0 Å². The molecule has 0 bridgehead atoms. The Balaban J connectivity index is 1.23. The first-order chi connectivity index (χ1) is 15.3. The van der Waals surface area contributed by atoms with Gasteiger partial charge in [0.2, 0.25) is 11.9 Å². The van der Waals surface area contributed by atoms with Gasteiger partial charge in [0.15, 0.2) is 0 Å². The zero-order chi connectivity index (χ0) is 21.0. The van der Waals surface area contributed by atoms with Crippen LogP contribution in [0, 0.1) is 0 Å². The van der Waals surface area contributed by atoms with Gasteiger partial charge >= 0.3 is 0 Å². The predicted octanol–water partition coefficient (Wildman–Crippen LogP) is 2.39. The normalized spacial score (nSPS) is 17.3. The van der Waals surface area contributed by atoms with Crippen molar-refractivity contribution in [2.75, 3.05) is 60.9 Å².